The van der Waals surface area contributed by atoms with Gasteiger partial charge < -0.3 is 0 Å². The number of thioether (sulfide) groups is 1. The highest BCUT2D eigenvalue weighted by molar-refractivity contribution is 7.99. The van der Waals surface area contributed by atoms with E-state index < -0.39 is 0 Å². The molecule has 0 nitrogen and oxygen atoms in total. The van der Waals surface area contributed by atoms with Crippen molar-refractivity contribution < 1.29 is 0 Å². The Kier molecular flexibility index (Phi) is 6.12. The van der Waals surface area contributed by atoms with Gasteiger partial charge in [-0.25, -0.2) is 0 Å². The Morgan fingerprint density at radius 2 is 1.64 bits per heavy atom. The van der Waals surface area contributed by atoms with E-state index in [0.29, 0.717) is 0 Å². The summed E-state index contributed by atoms with van der Waals surface area (Å²) in [5, 5.41) is 0.794. The molecule has 0 aliphatic carbocycles. The fourth-order valence-electron chi connectivity index (χ4n) is 1.10. The highest BCUT2D eigenvalue weighted by Crippen LogP contribution is 2.22. The molecule has 0 saturated carbocycles. The van der Waals surface area contributed by atoms with Crippen LogP contribution < -0.4 is 0 Å². The highest BCUT2D eigenvalue weighted by atomic mass is 32.2. The first-order chi connectivity index (χ1) is 5.07. The van der Waals surface area contributed by atoms with E-state index in [9.17, 15) is 0 Å². The zero-order valence-electron chi connectivity index (χ0n) is 8.55. The topological polar surface area (TPSA) is 0 Å². The van der Waals surface area contributed by atoms with Crippen LogP contribution in [0.3, 0.4) is 0 Å². The van der Waals surface area contributed by atoms with E-state index in [1.165, 1.54) is 12.2 Å². The molecule has 0 bridgehead atoms. The summed E-state index contributed by atoms with van der Waals surface area (Å²) in [6.07, 6.45) is 1.33. The Labute approximate surface area is 76.1 Å². The quantitative estimate of drug-likeness (QED) is 0.611. The second-order valence-electron chi connectivity index (χ2n) is 3.79. The molecule has 0 heterocycles. The summed E-state index contributed by atoms with van der Waals surface area (Å²) in [6.45, 7) is 11.5. The minimum absolute atomic E-state index is 0.794. The molecule has 0 saturated heterocycles. The molecular weight excluding hydrogens is 152 g/mol. The van der Waals surface area contributed by atoms with Crippen molar-refractivity contribution in [2.45, 2.75) is 46.3 Å². The molecule has 0 rings (SSSR count). The number of hydrogen-bond acceptors (Lipinski definition) is 1. The largest absolute Gasteiger partial charge is 0.159 e. The third kappa shape index (κ3) is 5.60. The first kappa shape index (κ1) is 11.4. The lowest BCUT2D eigenvalue weighted by atomic mass is 9.96. The molecule has 1 heteroatoms. The Hall–Kier alpha value is 0.350. The highest BCUT2D eigenvalue weighted by Gasteiger charge is 2.11. The van der Waals surface area contributed by atoms with Crippen molar-refractivity contribution in [3.8, 4) is 0 Å². The van der Waals surface area contributed by atoms with Crippen molar-refractivity contribution in [2.75, 3.05) is 5.75 Å². The molecule has 0 fully saturated rings. The van der Waals surface area contributed by atoms with Gasteiger partial charge in [-0.05, 0) is 22.8 Å². The van der Waals surface area contributed by atoms with Gasteiger partial charge >= 0.3 is 0 Å². The summed E-state index contributed by atoms with van der Waals surface area (Å²) in [6, 6.07) is 0. The van der Waals surface area contributed by atoms with Crippen LogP contribution in [0.25, 0.3) is 0 Å². The van der Waals surface area contributed by atoms with Crippen LogP contribution in [0.15, 0.2) is 0 Å². The van der Waals surface area contributed by atoms with Crippen LogP contribution in [0.1, 0.15) is 41.0 Å². The van der Waals surface area contributed by atoms with E-state index >= 15 is 0 Å². The molecule has 1 unspecified atom stereocenters. The van der Waals surface area contributed by atoms with Crippen molar-refractivity contribution in [3.63, 3.8) is 0 Å². The zero-order valence-corrected chi connectivity index (χ0v) is 9.37. The first-order valence-electron chi connectivity index (χ1n) is 4.69. The van der Waals surface area contributed by atoms with Gasteiger partial charge in [-0.15, -0.1) is 0 Å². The Balaban J connectivity index is 3.52. The Morgan fingerprint density at radius 3 is 1.91 bits per heavy atom. The first-order valence-corrected chi connectivity index (χ1v) is 5.74. The maximum absolute atomic E-state index is 2.33. The summed E-state index contributed by atoms with van der Waals surface area (Å²) in [7, 11) is 0. The fourth-order valence-corrected chi connectivity index (χ4v) is 2.35. The lowest BCUT2D eigenvalue weighted by Crippen LogP contribution is -2.11. The zero-order chi connectivity index (χ0) is 8.85. The van der Waals surface area contributed by atoms with E-state index in [2.05, 4.69) is 46.4 Å². The Morgan fingerprint density at radius 1 is 1.09 bits per heavy atom. The standard InChI is InChI=1S/C10H22S/c1-6-10(8(2)3)7-11-9(4)5/h8-10H,6-7H2,1-5H3. The van der Waals surface area contributed by atoms with Crippen LogP contribution in [0.2, 0.25) is 0 Å². The summed E-state index contributed by atoms with van der Waals surface area (Å²) < 4.78 is 0. The van der Waals surface area contributed by atoms with E-state index in [1.54, 1.807) is 0 Å². The molecule has 68 valence electrons. The van der Waals surface area contributed by atoms with Gasteiger partial charge in [0.15, 0.2) is 0 Å². The number of rotatable bonds is 5. The van der Waals surface area contributed by atoms with Crippen molar-refractivity contribution in [1.29, 1.82) is 0 Å². The normalized spacial score (nSPS) is 14.5. The van der Waals surface area contributed by atoms with Crippen molar-refractivity contribution >= 4 is 11.8 Å². The van der Waals surface area contributed by atoms with Crippen molar-refractivity contribution in [3.05, 3.63) is 0 Å². The predicted octanol–water partition coefficient (Wildman–Crippen LogP) is 3.81. The second kappa shape index (κ2) is 5.93. The molecule has 0 aliphatic heterocycles. The van der Waals surface area contributed by atoms with Crippen LogP contribution in [0.4, 0.5) is 0 Å². The molecule has 0 radical (unpaired) electrons. The van der Waals surface area contributed by atoms with Gasteiger partial charge in [0.1, 0.15) is 0 Å². The van der Waals surface area contributed by atoms with Gasteiger partial charge in [-0.1, -0.05) is 41.0 Å². The second-order valence-corrected chi connectivity index (χ2v) is 5.40. The van der Waals surface area contributed by atoms with Crippen LogP contribution in [-0.2, 0) is 0 Å². The van der Waals surface area contributed by atoms with Crippen LogP contribution in [0, 0.1) is 11.8 Å². The molecule has 0 aromatic heterocycles. The summed E-state index contributed by atoms with van der Waals surface area (Å²) in [5.41, 5.74) is 0. The number of hydrogen-bond donors (Lipinski definition) is 0. The third-order valence-corrected chi connectivity index (χ3v) is 3.40. The van der Waals surface area contributed by atoms with Crippen molar-refractivity contribution in [2.24, 2.45) is 11.8 Å². The summed E-state index contributed by atoms with van der Waals surface area (Å²) in [5.74, 6) is 3.11. The Bertz CT molecular complexity index is 86.9. The minimum Gasteiger partial charge on any atom is -0.159 e. The maximum Gasteiger partial charge on any atom is -0.000958 e. The lowest BCUT2D eigenvalue weighted by Gasteiger charge is -2.19. The molecule has 0 N–H and O–H groups in total. The van der Waals surface area contributed by atoms with Crippen LogP contribution in [0.5, 0.6) is 0 Å². The average Bonchev–Trinajstić information content (AvgIpc) is 1.87. The van der Waals surface area contributed by atoms with Crippen LogP contribution in [-0.4, -0.2) is 11.0 Å². The summed E-state index contributed by atoms with van der Waals surface area (Å²) in [4.78, 5) is 0. The van der Waals surface area contributed by atoms with Gasteiger partial charge in [-0.3, -0.25) is 0 Å². The van der Waals surface area contributed by atoms with Crippen LogP contribution >= 0.6 is 11.8 Å². The van der Waals surface area contributed by atoms with Gasteiger partial charge in [-0.2, -0.15) is 11.8 Å². The fraction of sp³-hybridized carbons (Fsp3) is 1.00. The molecule has 0 spiro atoms. The smallest absolute Gasteiger partial charge is 0.000958 e. The predicted molar refractivity (Wildman–Crippen MR) is 56.2 cm³/mol. The van der Waals surface area contributed by atoms with E-state index in [1.807, 2.05) is 0 Å². The van der Waals surface area contributed by atoms with E-state index in [0.717, 1.165) is 17.1 Å². The van der Waals surface area contributed by atoms with Gasteiger partial charge in [0.2, 0.25) is 0 Å². The van der Waals surface area contributed by atoms with E-state index in [4.69, 9.17) is 0 Å². The maximum atomic E-state index is 2.33. The molecule has 1 atom stereocenters. The van der Waals surface area contributed by atoms with Gasteiger partial charge in [0, 0.05) is 0 Å². The third-order valence-electron chi connectivity index (χ3n) is 2.11. The lowest BCUT2D eigenvalue weighted by molar-refractivity contribution is 0.414. The van der Waals surface area contributed by atoms with Crippen molar-refractivity contribution in [1.82, 2.24) is 0 Å². The molecule has 0 aromatic rings. The molecular formula is C10H22S. The average molecular weight is 174 g/mol. The van der Waals surface area contributed by atoms with Gasteiger partial charge in [0.25, 0.3) is 0 Å². The monoisotopic (exact) mass is 174 g/mol. The SMILES string of the molecule is CCC(CSC(C)C)C(C)C. The molecule has 0 aromatic carbocycles. The molecule has 11 heavy (non-hydrogen) atoms. The molecule has 0 aliphatic rings. The summed E-state index contributed by atoms with van der Waals surface area (Å²) >= 11 is 2.09. The van der Waals surface area contributed by atoms with E-state index in [-0.39, 0.29) is 0 Å². The van der Waals surface area contributed by atoms with Gasteiger partial charge in [0.05, 0.1) is 0 Å². The molecule has 0 amide bonds. The minimum atomic E-state index is 0.794.